The molecule has 0 fully saturated rings. The standard InChI is InChI=1S/C29H33F3N2O3/c1-19(2)34(20(3)4)16-17-37-26-15-14-25(18-27(26)36-5)33-28(35)23-8-6-21(7-9-23)22-10-12-24(13-11-22)29(30,31)32/h6-15,18-20H,16-17H2,1-5H3,(H,33,35). The second kappa shape index (κ2) is 12.1. The quantitative estimate of drug-likeness (QED) is 0.313. The van der Waals surface area contributed by atoms with Crippen molar-refractivity contribution in [3.8, 4) is 22.6 Å². The summed E-state index contributed by atoms with van der Waals surface area (Å²) < 4.78 is 49.8. The van der Waals surface area contributed by atoms with Crippen molar-refractivity contribution in [3.63, 3.8) is 0 Å². The van der Waals surface area contributed by atoms with Crippen LogP contribution < -0.4 is 14.8 Å². The largest absolute Gasteiger partial charge is 0.493 e. The van der Waals surface area contributed by atoms with Gasteiger partial charge in [0.2, 0.25) is 0 Å². The molecule has 0 saturated carbocycles. The third kappa shape index (κ3) is 7.49. The summed E-state index contributed by atoms with van der Waals surface area (Å²) in [7, 11) is 1.54. The Morgan fingerprint density at radius 3 is 1.95 bits per heavy atom. The Morgan fingerprint density at radius 2 is 1.43 bits per heavy atom. The third-order valence-corrected chi connectivity index (χ3v) is 6.05. The molecule has 0 aromatic heterocycles. The van der Waals surface area contributed by atoms with Gasteiger partial charge in [-0.25, -0.2) is 0 Å². The van der Waals surface area contributed by atoms with Crippen molar-refractivity contribution in [2.45, 2.75) is 46.0 Å². The fourth-order valence-corrected chi connectivity index (χ4v) is 4.11. The SMILES string of the molecule is COc1cc(NC(=O)c2ccc(-c3ccc(C(F)(F)F)cc3)cc2)ccc1OCCN(C(C)C)C(C)C. The zero-order chi connectivity index (χ0) is 27.2. The molecule has 0 aliphatic rings. The molecule has 3 aromatic rings. The smallest absolute Gasteiger partial charge is 0.416 e. The van der Waals surface area contributed by atoms with Gasteiger partial charge in [0, 0.05) is 35.9 Å². The van der Waals surface area contributed by atoms with Crippen LogP contribution in [0.1, 0.15) is 43.6 Å². The average Bonchev–Trinajstić information content (AvgIpc) is 2.86. The Balaban J connectivity index is 1.63. The molecule has 0 saturated heterocycles. The molecule has 0 aliphatic carbocycles. The number of hydrogen-bond acceptors (Lipinski definition) is 4. The lowest BCUT2D eigenvalue weighted by molar-refractivity contribution is -0.137. The summed E-state index contributed by atoms with van der Waals surface area (Å²) in [5, 5.41) is 2.84. The van der Waals surface area contributed by atoms with Crippen molar-refractivity contribution in [3.05, 3.63) is 77.9 Å². The van der Waals surface area contributed by atoms with Crippen molar-refractivity contribution in [2.24, 2.45) is 0 Å². The van der Waals surface area contributed by atoms with Gasteiger partial charge in [0.1, 0.15) is 6.61 Å². The van der Waals surface area contributed by atoms with E-state index in [1.54, 1.807) is 49.6 Å². The van der Waals surface area contributed by atoms with Gasteiger partial charge in [-0.15, -0.1) is 0 Å². The lowest BCUT2D eigenvalue weighted by Crippen LogP contribution is -2.39. The number of ether oxygens (including phenoxy) is 2. The Kier molecular flexibility index (Phi) is 9.21. The maximum Gasteiger partial charge on any atom is 0.416 e. The van der Waals surface area contributed by atoms with Crippen LogP contribution >= 0.6 is 0 Å². The van der Waals surface area contributed by atoms with Gasteiger partial charge in [0.15, 0.2) is 11.5 Å². The zero-order valence-corrected chi connectivity index (χ0v) is 21.7. The molecule has 0 radical (unpaired) electrons. The van der Waals surface area contributed by atoms with Crippen molar-refractivity contribution >= 4 is 11.6 Å². The molecule has 0 unspecified atom stereocenters. The maximum absolute atomic E-state index is 12.8. The number of anilines is 1. The van der Waals surface area contributed by atoms with Gasteiger partial charge >= 0.3 is 6.18 Å². The fraction of sp³-hybridized carbons (Fsp3) is 0.345. The first kappa shape index (κ1) is 28.1. The van der Waals surface area contributed by atoms with Crippen LogP contribution in [0.4, 0.5) is 18.9 Å². The maximum atomic E-state index is 12.8. The monoisotopic (exact) mass is 514 g/mol. The molecule has 0 spiro atoms. The van der Waals surface area contributed by atoms with E-state index in [0.717, 1.165) is 18.7 Å². The number of carbonyl (C=O) groups excluding carboxylic acids is 1. The summed E-state index contributed by atoms with van der Waals surface area (Å²) in [5.41, 5.74) is 1.60. The first-order valence-electron chi connectivity index (χ1n) is 12.1. The van der Waals surface area contributed by atoms with Crippen LogP contribution in [-0.4, -0.2) is 43.2 Å². The molecule has 3 rings (SSSR count). The van der Waals surface area contributed by atoms with Crippen molar-refractivity contribution in [1.29, 1.82) is 0 Å². The summed E-state index contributed by atoms with van der Waals surface area (Å²) in [4.78, 5) is 15.1. The molecule has 0 atom stereocenters. The number of rotatable bonds is 10. The Hall–Kier alpha value is -3.52. The van der Waals surface area contributed by atoms with Crippen molar-refractivity contribution < 1.29 is 27.4 Å². The number of amides is 1. The second-order valence-electron chi connectivity index (χ2n) is 9.25. The molecule has 3 aromatic carbocycles. The minimum atomic E-state index is -4.38. The van der Waals surface area contributed by atoms with Crippen LogP contribution in [0.5, 0.6) is 11.5 Å². The highest BCUT2D eigenvalue weighted by Gasteiger charge is 2.30. The molecule has 1 amide bonds. The summed E-state index contributed by atoms with van der Waals surface area (Å²) in [5.74, 6) is 0.782. The van der Waals surface area contributed by atoms with Gasteiger partial charge in [0.05, 0.1) is 12.7 Å². The Morgan fingerprint density at radius 1 is 0.865 bits per heavy atom. The molecule has 0 aliphatic heterocycles. The minimum absolute atomic E-state index is 0.320. The lowest BCUT2D eigenvalue weighted by atomic mass is 10.0. The topological polar surface area (TPSA) is 50.8 Å². The van der Waals surface area contributed by atoms with Crippen LogP contribution in [0.2, 0.25) is 0 Å². The number of nitrogens with zero attached hydrogens (tertiary/aromatic N) is 1. The minimum Gasteiger partial charge on any atom is -0.493 e. The van der Waals surface area contributed by atoms with Gasteiger partial charge < -0.3 is 14.8 Å². The van der Waals surface area contributed by atoms with E-state index in [1.165, 1.54) is 12.1 Å². The van der Waals surface area contributed by atoms with Crippen LogP contribution in [0.25, 0.3) is 11.1 Å². The predicted octanol–water partition coefficient (Wildman–Crippen LogP) is 7.13. The van der Waals surface area contributed by atoms with Crippen LogP contribution in [-0.2, 0) is 6.18 Å². The molecular weight excluding hydrogens is 481 g/mol. The van der Waals surface area contributed by atoms with E-state index in [-0.39, 0.29) is 5.91 Å². The normalized spacial score (nSPS) is 11.8. The van der Waals surface area contributed by atoms with E-state index in [9.17, 15) is 18.0 Å². The summed E-state index contributed by atoms with van der Waals surface area (Å²) in [6.45, 7) is 9.89. The molecular formula is C29H33F3N2O3. The van der Waals surface area contributed by atoms with Gasteiger partial charge in [0.25, 0.3) is 5.91 Å². The number of halogens is 3. The number of alkyl halides is 3. The van der Waals surface area contributed by atoms with E-state index in [1.807, 2.05) is 0 Å². The van der Waals surface area contributed by atoms with Gasteiger partial charge in [-0.3, -0.25) is 9.69 Å². The zero-order valence-electron chi connectivity index (χ0n) is 21.7. The van der Waals surface area contributed by atoms with E-state index >= 15 is 0 Å². The number of methoxy groups -OCH3 is 1. The number of hydrogen-bond donors (Lipinski definition) is 1. The molecule has 37 heavy (non-hydrogen) atoms. The van der Waals surface area contributed by atoms with E-state index in [2.05, 4.69) is 37.9 Å². The molecule has 0 heterocycles. The lowest BCUT2D eigenvalue weighted by Gasteiger charge is -2.30. The number of carbonyl (C=O) groups is 1. The second-order valence-corrected chi connectivity index (χ2v) is 9.25. The molecule has 0 bridgehead atoms. The first-order valence-corrected chi connectivity index (χ1v) is 12.1. The Bertz CT molecular complexity index is 1170. The van der Waals surface area contributed by atoms with E-state index in [0.29, 0.717) is 52.6 Å². The average molecular weight is 515 g/mol. The van der Waals surface area contributed by atoms with Gasteiger partial charge in [-0.1, -0.05) is 24.3 Å². The number of nitrogens with one attached hydrogen (secondary N) is 1. The molecule has 1 N–H and O–H groups in total. The first-order chi connectivity index (χ1) is 17.5. The predicted molar refractivity (Wildman–Crippen MR) is 140 cm³/mol. The highest BCUT2D eigenvalue weighted by Crippen LogP contribution is 2.32. The molecule has 5 nitrogen and oxygen atoms in total. The Labute approximate surface area is 216 Å². The van der Waals surface area contributed by atoms with E-state index in [4.69, 9.17) is 9.47 Å². The number of benzene rings is 3. The van der Waals surface area contributed by atoms with Crippen molar-refractivity contribution in [1.82, 2.24) is 4.90 Å². The summed E-state index contributed by atoms with van der Waals surface area (Å²) in [6.07, 6.45) is -4.38. The summed E-state index contributed by atoms with van der Waals surface area (Å²) in [6, 6.07) is 17.6. The molecule has 198 valence electrons. The van der Waals surface area contributed by atoms with Crippen LogP contribution in [0, 0.1) is 0 Å². The summed E-state index contributed by atoms with van der Waals surface area (Å²) >= 11 is 0. The van der Waals surface area contributed by atoms with Gasteiger partial charge in [-0.2, -0.15) is 13.2 Å². The third-order valence-electron chi connectivity index (χ3n) is 6.05. The van der Waals surface area contributed by atoms with Gasteiger partial charge in [-0.05, 0) is 75.2 Å². The van der Waals surface area contributed by atoms with Crippen molar-refractivity contribution in [2.75, 3.05) is 25.6 Å². The highest BCUT2D eigenvalue weighted by molar-refractivity contribution is 6.04. The van der Waals surface area contributed by atoms with Crippen LogP contribution in [0.3, 0.4) is 0 Å². The molecule has 8 heteroatoms. The highest BCUT2D eigenvalue weighted by atomic mass is 19.4. The van der Waals surface area contributed by atoms with Crippen LogP contribution in [0.15, 0.2) is 66.7 Å². The van der Waals surface area contributed by atoms with E-state index < -0.39 is 11.7 Å². The fourth-order valence-electron chi connectivity index (χ4n) is 4.11.